The standard InChI is InChI=1S/C9H7NO.Zn/c1-2-4-8(5-3-1)9-10-6-7-11-9;/h1-7H;. The van der Waals surface area contributed by atoms with Gasteiger partial charge in [-0.05, 0) is 12.1 Å². The van der Waals surface area contributed by atoms with Gasteiger partial charge in [0.15, 0.2) is 0 Å². The normalized spacial score (nSPS) is 9.00. The number of hydrogen-bond donors (Lipinski definition) is 0. The molecular weight excluding hydrogens is 203 g/mol. The van der Waals surface area contributed by atoms with Crippen LogP contribution in [-0.4, -0.2) is 4.98 Å². The minimum absolute atomic E-state index is 0. The fourth-order valence-electron chi connectivity index (χ4n) is 0.947. The van der Waals surface area contributed by atoms with Gasteiger partial charge >= 0.3 is 0 Å². The number of nitrogens with zero attached hydrogens (tertiary/aromatic N) is 1. The van der Waals surface area contributed by atoms with Crippen molar-refractivity contribution in [3.05, 3.63) is 42.8 Å². The Morgan fingerprint density at radius 2 is 1.83 bits per heavy atom. The van der Waals surface area contributed by atoms with E-state index in [0.29, 0.717) is 5.89 Å². The minimum Gasteiger partial charge on any atom is -0.445 e. The molecule has 0 unspecified atom stereocenters. The minimum atomic E-state index is 0. The summed E-state index contributed by atoms with van der Waals surface area (Å²) >= 11 is 0. The second kappa shape index (κ2) is 4.17. The molecule has 1 heterocycles. The van der Waals surface area contributed by atoms with E-state index in [2.05, 4.69) is 4.98 Å². The fourth-order valence-corrected chi connectivity index (χ4v) is 0.947. The molecule has 0 saturated carbocycles. The molecule has 1 aromatic carbocycles. The van der Waals surface area contributed by atoms with Crippen molar-refractivity contribution in [2.75, 3.05) is 0 Å². The third-order valence-electron chi connectivity index (χ3n) is 1.45. The van der Waals surface area contributed by atoms with Gasteiger partial charge in [0, 0.05) is 25.0 Å². The van der Waals surface area contributed by atoms with E-state index in [-0.39, 0.29) is 19.5 Å². The third-order valence-corrected chi connectivity index (χ3v) is 1.45. The summed E-state index contributed by atoms with van der Waals surface area (Å²) in [5, 5.41) is 0. The number of hydrogen-bond acceptors (Lipinski definition) is 2. The van der Waals surface area contributed by atoms with Gasteiger partial charge in [-0.2, -0.15) is 0 Å². The molecule has 0 aliphatic carbocycles. The van der Waals surface area contributed by atoms with Crippen molar-refractivity contribution in [3.8, 4) is 11.5 Å². The molecule has 0 atom stereocenters. The number of benzene rings is 1. The van der Waals surface area contributed by atoms with Gasteiger partial charge in [0.2, 0.25) is 5.89 Å². The molecular formula is C9H7NOZn. The van der Waals surface area contributed by atoms with Crippen LogP contribution in [0.5, 0.6) is 0 Å². The monoisotopic (exact) mass is 209 g/mol. The molecule has 0 N–H and O–H groups in total. The van der Waals surface area contributed by atoms with E-state index in [9.17, 15) is 0 Å². The SMILES string of the molecule is [Zn].c1ccc(-c2ncco2)cc1. The Bertz CT molecular complexity index is 318. The van der Waals surface area contributed by atoms with Crippen LogP contribution in [0.2, 0.25) is 0 Å². The zero-order valence-corrected chi connectivity index (χ0v) is 9.57. The fraction of sp³-hybridized carbons (Fsp3) is 0. The molecule has 0 fully saturated rings. The molecule has 56 valence electrons. The summed E-state index contributed by atoms with van der Waals surface area (Å²) in [5.41, 5.74) is 1.01. The Morgan fingerprint density at radius 1 is 1.08 bits per heavy atom. The van der Waals surface area contributed by atoms with E-state index < -0.39 is 0 Å². The molecule has 2 nitrogen and oxygen atoms in total. The van der Waals surface area contributed by atoms with Gasteiger partial charge in [0.05, 0.1) is 6.20 Å². The van der Waals surface area contributed by atoms with Gasteiger partial charge in [-0.15, -0.1) is 0 Å². The van der Waals surface area contributed by atoms with Crippen molar-refractivity contribution < 1.29 is 23.9 Å². The van der Waals surface area contributed by atoms with Crippen molar-refractivity contribution >= 4 is 0 Å². The second-order valence-corrected chi connectivity index (χ2v) is 2.20. The molecule has 0 spiro atoms. The smallest absolute Gasteiger partial charge is 0.225 e. The van der Waals surface area contributed by atoms with Gasteiger partial charge < -0.3 is 4.42 Å². The first-order valence-corrected chi connectivity index (χ1v) is 3.42. The number of oxazole rings is 1. The van der Waals surface area contributed by atoms with E-state index in [1.165, 1.54) is 0 Å². The first-order chi connectivity index (χ1) is 5.47. The van der Waals surface area contributed by atoms with E-state index in [1.807, 2.05) is 30.3 Å². The average Bonchev–Trinajstić information content (AvgIpc) is 2.58. The van der Waals surface area contributed by atoms with Crippen molar-refractivity contribution in [1.29, 1.82) is 0 Å². The molecule has 1 aromatic heterocycles. The first-order valence-electron chi connectivity index (χ1n) is 3.42. The molecule has 0 aliphatic heterocycles. The topological polar surface area (TPSA) is 26.0 Å². The van der Waals surface area contributed by atoms with E-state index in [1.54, 1.807) is 12.5 Å². The van der Waals surface area contributed by atoms with Gasteiger partial charge in [-0.1, -0.05) is 18.2 Å². The Kier molecular flexibility index (Phi) is 3.18. The molecule has 0 bridgehead atoms. The molecule has 0 saturated heterocycles. The summed E-state index contributed by atoms with van der Waals surface area (Å²) in [5.74, 6) is 0.672. The summed E-state index contributed by atoms with van der Waals surface area (Å²) in [7, 11) is 0. The van der Waals surface area contributed by atoms with E-state index in [0.717, 1.165) is 5.56 Å². The average molecular weight is 211 g/mol. The summed E-state index contributed by atoms with van der Waals surface area (Å²) in [4.78, 5) is 4.02. The summed E-state index contributed by atoms with van der Waals surface area (Å²) < 4.78 is 5.11. The maximum atomic E-state index is 5.11. The van der Waals surface area contributed by atoms with Gasteiger partial charge in [-0.3, -0.25) is 0 Å². The number of aromatic nitrogens is 1. The Balaban J connectivity index is 0.000000720. The van der Waals surface area contributed by atoms with Crippen molar-refractivity contribution in [1.82, 2.24) is 4.98 Å². The molecule has 0 amide bonds. The predicted octanol–water partition coefficient (Wildman–Crippen LogP) is 2.34. The Morgan fingerprint density at radius 3 is 2.42 bits per heavy atom. The van der Waals surface area contributed by atoms with Crippen LogP contribution >= 0.6 is 0 Å². The zero-order valence-electron chi connectivity index (χ0n) is 6.60. The molecule has 2 aromatic rings. The maximum Gasteiger partial charge on any atom is 0.225 e. The number of rotatable bonds is 1. The van der Waals surface area contributed by atoms with Crippen LogP contribution in [0.15, 0.2) is 47.2 Å². The van der Waals surface area contributed by atoms with Crippen LogP contribution in [0, 0.1) is 0 Å². The summed E-state index contributed by atoms with van der Waals surface area (Å²) in [6.07, 6.45) is 3.21. The van der Waals surface area contributed by atoms with E-state index in [4.69, 9.17) is 4.42 Å². The molecule has 12 heavy (non-hydrogen) atoms. The van der Waals surface area contributed by atoms with Crippen LogP contribution in [0.25, 0.3) is 11.5 Å². The second-order valence-electron chi connectivity index (χ2n) is 2.20. The van der Waals surface area contributed by atoms with Crippen molar-refractivity contribution in [3.63, 3.8) is 0 Å². The molecule has 3 heteroatoms. The third kappa shape index (κ3) is 1.80. The van der Waals surface area contributed by atoms with Crippen molar-refractivity contribution in [2.24, 2.45) is 0 Å². The molecule has 2 rings (SSSR count). The quantitative estimate of drug-likeness (QED) is 0.676. The van der Waals surface area contributed by atoms with Crippen LogP contribution in [0.3, 0.4) is 0 Å². The van der Waals surface area contributed by atoms with Gasteiger partial charge in [-0.25, -0.2) is 4.98 Å². The van der Waals surface area contributed by atoms with Crippen LogP contribution in [0.1, 0.15) is 0 Å². The van der Waals surface area contributed by atoms with Crippen LogP contribution < -0.4 is 0 Å². The predicted molar refractivity (Wildman–Crippen MR) is 41.9 cm³/mol. The molecule has 0 radical (unpaired) electrons. The zero-order chi connectivity index (χ0) is 7.52. The molecule has 0 aliphatic rings. The first kappa shape index (κ1) is 9.14. The Labute approximate surface area is 83.4 Å². The van der Waals surface area contributed by atoms with Crippen LogP contribution in [0.4, 0.5) is 0 Å². The summed E-state index contributed by atoms with van der Waals surface area (Å²) in [6.45, 7) is 0. The van der Waals surface area contributed by atoms with Crippen LogP contribution in [-0.2, 0) is 19.5 Å². The Hall–Kier alpha value is -0.947. The maximum absolute atomic E-state index is 5.11. The van der Waals surface area contributed by atoms with Gasteiger partial charge in [0.1, 0.15) is 6.26 Å². The van der Waals surface area contributed by atoms with Crippen molar-refractivity contribution in [2.45, 2.75) is 0 Å². The largest absolute Gasteiger partial charge is 0.445 e. The summed E-state index contributed by atoms with van der Waals surface area (Å²) in [6, 6.07) is 9.81. The van der Waals surface area contributed by atoms with E-state index >= 15 is 0 Å². The van der Waals surface area contributed by atoms with Gasteiger partial charge in [0.25, 0.3) is 0 Å².